The van der Waals surface area contributed by atoms with E-state index in [0.29, 0.717) is 13.0 Å². The van der Waals surface area contributed by atoms with Gasteiger partial charge in [-0.05, 0) is 48.1 Å². The molecule has 6 nitrogen and oxygen atoms in total. The van der Waals surface area contributed by atoms with Crippen molar-refractivity contribution >= 4 is 32.6 Å². The van der Waals surface area contributed by atoms with E-state index in [-0.39, 0.29) is 18.0 Å². The molecule has 0 saturated heterocycles. The normalized spacial score (nSPS) is 16.5. The highest BCUT2D eigenvalue weighted by Gasteiger charge is 2.31. The number of alkyl halides is 1. The third-order valence-corrected chi connectivity index (χ3v) is 5.39. The molecule has 22 heavy (non-hydrogen) atoms. The van der Waals surface area contributed by atoms with Gasteiger partial charge in [-0.15, -0.1) is 0 Å². The van der Waals surface area contributed by atoms with Crippen LogP contribution in [0.1, 0.15) is 13.3 Å². The van der Waals surface area contributed by atoms with Crippen molar-refractivity contribution in [1.82, 2.24) is 4.31 Å². The van der Waals surface area contributed by atoms with Crippen LogP contribution < -0.4 is 0 Å². The Bertz CT molecular complexity index is 548. The fourth-order valence-corrected chi connectivity index (χ4v) is 3.93. The van der Waals surface area contributed by atoms with Gasteiger partial charge in [0.1, 0.15) is 0 Å². The van der Waals surface area contributed by atoms with Crippen LogP contribution in [-0.4, -0.2) is 59.5 Å². The molecule has 0 fully saturated rings. The monoisotopic (exact) mass is 443 g/mol. The lowest BCUT2D eigenvalue weighted by Gasteiger charge is -2.27. The first kappa shape index (κ1) is 19.8. The summed E-state index contributed by atoms with van der Waals surface area (Å²) >= 11 is 1.77. The van der Waals surface area contributed by atoms with Gasteiger partial charge in [0.15, 0.2) is 3.61 Å². The van der Waals surface area contributed by atoms with E-state index < -0.39 is 19.7 Å². The zero-order chi connectivity index (χ0) is 16.8. The molecule has 2 N–H and O–H groups in total. The minimum Gasteiger partial charge on any atom is -0.393 e. The molecule has 0 spiro atoms. The van der Waals surface area contributed by atoms with Crippen molar-refractivity contribution in [2.45, 2.75) is 28.0 Å². The number of hydrogen-bond acceptors (Lipinski definition) is 5. The minimum absolute atomic E-state index is 0.0189. The van der Waals surface area contributed by atoms with Crippen LogP contribution in [-0.2, 0) is 14.8 Å². The Balaban J connectivity index is 2.60. The van der Waals surface area contributed by atoms with Gasteiger partial charge in [-0.3, -0.25) is 0 Å². The lowest BCUT2D eigenvalue weighted by Crippen LogP contribution is -2.42. The standard InChI is InChI=1S/C14H22INO5S/c1-12(17)8-9-21-11-14(15,18)10-16(2)22(19,20)13-6-4-3-5-7-13/h3-7,12,17-18H,8-11H2,1-2H3/t12-,14-/m1/s1. The Morgan fingerprint density at radius 3 is 2.50 bits per heavy atom. The number of nitrogens with zero attached hydrogens (tertiary/aromatic N) is 1. The molecule has 0 radical (unpaired) electrons. The molecule has 1 aromatic carbocycles. The molecule has 0 aliphatic heterocycles. The number of ether oxygens (including phenoxy) is 1. The van der Waals surface area contributed by atoms with E-state index in [9.17, 15) is 13.5 Å². The highest BCUT2D eigenvalue weighted by Crippen LogP contribution is 2.21. The Morgan fingerprint density at radius 2 is 1.95 bits per heavy atom. The fraction of sp³-hybridized carbons (Fsp3) is 0.571. The average Bonchev–Trinajstić information content (AvgIpc) is 2.44. The highest BCUT2D eigenvalue weighted by molar-refractivity contribution is 14.1. The number of aliphatic hydroxyl groups is 2. The third kappa shape index (κ3) is 6.47. The molecule has 0 heterocycles. The van der Waals surface area contributed by atoms with E-state index in [4.69, 9.17) is 9.84 Å². The molecule has 0 aliphatic rings. The molecule has 0 unspecified atom stereocenters. The van der Waals surface area contributed by atoms with E-state index in [2.05, 4.69) is 0 Å². The molecule has 1 rings (SSSR count). The first-order valence-corrected chi connectivity index (χ1v) is 9.35. The number of halogens is 1. The maximum Gasteiger partial charge on any atom is 0.242 e. The van der Waals surface area contributed by atoms with E-state index in [1.54, 1.807) is 47.7 Å². The minimum atomic E-state index is -3.64. The van der Waals surface area contributed by atoms with E-state index in [1.165, 1.54) is 19.2 Å². The number of likely N-dealkylation sites (N-methyl/N-ethyl adjacent to an activating group) is 1. The zero-order valence-corrected chi connectivity index (χ0v) is 15.6. The molecular weight excluding hydrogens is 421 g/mol. The second-order valence-electron chi connectivity index (χ2n) is 5.18. The Kier molecular flexibility index (Phi) is 7.69. The molecule has 126 valence electrons. The van der Waals surface area contributed by atoms with Crippen LogP contribution in [0.25, 0.3) is 0 Å². The van der Waals surface area contributed by atoms with Gasteiger partial charge in [-0.1, -0.05) is 18.2 Å². The quantitative estimate of drug-likeness (QED) is 0.341. The van der Waals surface area contributed by atoms with Crippen LogP contribution in [0.15, 0.2) is 35.2 Å². The van der Waals surface area contributed by atoms with Gasteiger partial charge in [-0.25, -0.2) is 8.42 Å². The summed E-state index contributed by atoms with van der Waals surface area (Å²) < 4.78 is 29.8. The highest BCUT2D eigenvalue weighted by atomic mass is 127. The van der Waals surface area contributed by atoms with Gasteiger partial charge in [0.25, 0.3) is 0 Å². The Labute approximate surface area is 145 Å². The summed E-state index contributed by atoms with van der Waals surface area (Å²) in [6.45, 7) is 1.84. The van der Waals surface area contributed by atoms with Crippen molar-refractivity contribution in [2.75, 3.05) is 26.8 Å². The van der Waals surface area contributed by atoms with Gasteiger partial charge in [0, 0.05) is 13.7 Å². The smallest absolute Gasteiger partial charge is 0.242 e. The van der Waals surface area contributed by atoms with Crippen LogP contribution in [0.5, 0.6) is 0 Å². The first-order chi connectivity index (χ1) is 10.1. The van der Waals surface area contributed by atoms with Crippen LogP contribution in [0.3, 0.4) is 0 Å². The van der Waals surface area contributed by atoms with Crippen molar-refractivity contribution in [3.63, 3.8) is 0 Å². The van der Waals surface area contributed by atoms with Gasteiger partial charge in [0.05, 0.1) is 24.2 Å². The number of sulfonamides is 1. The van der Waals surface area contributed by atoms with Gasteiger partial charge >= 0.3 is 0 Å². The van der Waals surface area contributed by atoms with Gasteiger partial charge < -0.3 is 14.9 Å². The lowest BCUT2D eigenvalue weighted by molar-refractivity contribution is 0.00866. The maximum atomic E-state index is 12.4. The second-order valence-corrected chi connectivity index (χ2v) is 9.24. The SMILES string of the molecule is C[C@@H](O)CCOC[C@@](O)(I)CN(C)S(=O)(=O)c1ccccc1. The molecular formula is C14H22INO5S. The van der Waals surface area contributed by atoms with Crippen molar-refractivity contribution in [2.24, 2.45) is 0 Å². The molecule has 8 heteroatoms. The summed E-state index contributed by atoms with van der Waals surface area (Å²) in [5, 5.41) is 19.4. The molecule has 0 saturated carbocycles. The number of hydrogen-bond donors (Lipinski definition) is 2. The van der Waals surface area contributed by atoms with E-state index in [0.717, 1.165) is 4.31 Å². The second kappa shape index (κ2) is 8.55. The number of benzene rings is 1. The van der Waals surface area contributed by atoms with Crippen LogP contribution in [0.4, 0.5) is 0 Å². The van der Waals surface area contributed by atoms with Crippen LogP contribution in [0, 0.1) is 0 Å². The van der Waals surface area contributed by atoms with Crippen molar-refractivity contribution in [3.05, 3.63) is 30.3 Å². The predicted molar refractivity (Wildman–Crippen MR) is 92.3 cm³/mol. The molecule has 1 aromatic rings. The van der Waals surface area contributed by atoms with Crippen molar-refractivity contribution < 1.29 is 23.4 Å². The Morgan fingerprint density at radius 1 is 1.36 bits per heavy atom. The van der Waals surface area contributed by atoms with E-state index in [1.807, 2.05) is 0 Å². The summed E-state index contributed by atoms with van der Waals surface area (Å²) in [5.74, 6) is 0. The topological polar surface area (TPSA) is 87.1 Å². The molecule has 0 bridgehead atoms. The lowest BCUT2D eigenvalue weighted by atomic mass is 10.3. The first-order valence-electron chi connectivity index (χ1n) is 6.84. The molecule has 0 aromatic heterocycles. The summed E-state index contributed by atoms with van der Waals surface area (Å²) in [7, 11) is -2.22. The van der Waals surface area contributed by atoms with Crippen molar-refractivity contribution in [3.8, 4) is 0 Å². The summed E-state index contributed by atoms with van der Waals surface area (Å²) in [4.78, 5) is 0.180. The van der Waals surface area contributed by atoms with Crippen LogP contribution >= 0.6 is 22.6 Å². The predicted octanol–water partition coefficient (Wildman–Crippen LogP) is 1.22. The largest absolute Gasteiger partial charge is 0.393 e. The average molecular weight is 443 g/mol. The van der Waals surface area contributed by atoms with Gasteiger partial charge in [-0.2, -0.15) is 4.31 Å². The number of rotatable bonds is 9. The molecule has 2 atom stereocenters. The zero-order valence-electron chi connectivity index (χ0n) is 12.6. The third-order valence-electron chi connectivity index (χ3n) is 2.92. The Hall–Kier alpha value is -0.260. The fourth-order valence-electron chi connectivity index (χ4n) is 1.73. The van der Waals surface area contributed by atoms with Crippen molar-refractivity contribution in [1.29, 1.82) is 0 Å². The summed E-state index contributed by atoms with van der Waals surface area (Å²) in [6.07, 6.45) is -0.00587. The maximum absolute atomic E-state index is 12.4. The summed E-state index contributed by atoms with van der Waals surface area (Å²) in [6, 6.07) is 8.06. The van der Waals surface area contributed by atoms with E-state index >= 15 is 0 Å². The molecule has 0 amide bonds. The number of aliphatic hydroxyl groups excluding tert-OH is 1. The van der Waals surface area contributed by atoms with Crippen LogP contribution in [0.2, 0.25) is 0 Å². The summed E-state index contributed by atoms with van der Waals surface area (Å²) in [5.41, 5.74) is 0. The molecule has 0 aliphatic carbocycles. The van der Waals surface area contributed by atoms with Gasteiger partial charge in [0.2, 0.25) is 10.0 Å².